The lowest BCUT2D eigenvalue weighted by Gasteiger charge is -2.35. The van der Waals surface area contributed by atoms with Gasteiger partial charge in [-0.3, -0.25) is 0 Å². The van der Waals surface area contributed by atoms with Crippen molar-refractivity contribution >= 4 is 27.4 Å². The smallest absolute Gasteiger partial charge is 0.169 e. The van der Waals surface area contributed by atoms with E-state index in [9.17, 15) is 13.5 Å². The van der Waals surface area contributed by atoms with Crippen LogP contribution in [0, 0.1) is 0 Å². The van der Waals surface area contributed by atoms with Crippen LogP contribution in [0.5, 0.6) is 0 Å². The summed E-state index contributed by atoms with van der Waals surface area (Å²) < 4.78 is 23.6. The lowest BCUT2D eigenvalue weighted by atomic mass is 10.2. The molecular weight excluding hydrogens is 284 g/mol. The topological polar surface area (TPSA) is 70.5 Å². The average molecular weight is 302 g/mol. The van der Waals surface area contributed by atoms with Crippen LogP contribution in [0.25, 0.3) is 0 Å². The number of sulfone groups is 1. The maximum atomic E-state index is 11.8. The van der Waals surface area contributed by atoms with Crippen molar-refractivity contribution < 1.29 is 13.5 Å². The molecule has 1 fully saturated rings. The number of anilines is 1. The predicted octanol–water partition coefficient (Wildman–Crippen LogP) is 1.06. The molecular formula is C12H18N2O3S2. The summed E-state index contributed by atoms with van der Waals surface area (Å²) >= 11 is 1.65. The van der Waals surface area contributed by atoms with Crippen molar-refractivity contribution in [2.75, 3.05) is 29.2 Å². The third-order valence-corrected chi connectivity index (χ3v) is 5.77. The van der Waals surface area contributed by atoms with E-state index in [0.717, 1.165) is 11.3 Å². The summed E-state index contributed by atoms with van der Waals surface area (Å²) in [5.41, 5.74) is 0.728. The van der Waals surface area contributed by atoms with Crippen LogP contribution < -0.4 is 4.90 Å². The summed E-state index contributed by atoms with van der Waals surface area (Å²) in [6.07, 6.45) is 2.30. The molecule has 1 aliphatic rings. The Morgan fingerprint density at radius 3 is 2.79 bits per heavy atom. The summed E-state index contributed by atoms with van der Waals surface area (Å²) in [6, 6.07) is 3.56. The first kappa shape index (κ1) is 14.6. The molecule has 1 N–H and O–H groups in total. The number of pyridine rings is 1. The molecule has 7 heteroatoms. The van der Waals surface area contributed by atoms with Gasteiger partial charge < -0.3 is 10.0 Å². The van der Waals surface area contributed by atoms with Crippen LogP contribution in [-0.4, -0.2) is 48.2 Å². The molecule has 0 amide bonds. The fourth-order valence-electron chi connectivity index (χ4n) is 2.01. The zero-order chi connectivity index (χ0) is 14.0. The number of aliphatic hydroxyl groups excluding tert-OH is 1. The van der Waals surface area contributed by atoms with Gasteiger partial charge in [0.05, 0.1) is 6.10 Å². The number of aromatic nitrogens is 1. The van der Waals surface area contributed by atoms with Crippen molar-refractivity contribution in [1.82, 2.24) is 4.98 Å². The summed E-state index contributed by atoms with van der Waals surface area (Å²) in [5, 5.41) is 8.94. The Kier molecular flexibility index (Phi) is 4.37. The highest BCUT2D eigenvalue weighted by atomic mass is 32.2. The molecule has 19 heavy (non-hydrogen) atoms. The van der Waals surface area contributed by atoms with E-state index in [1.807, 2.05) is 4.90 Å². The Labute approximate surface area is 118 Å². The van der Waals surface area contributed by atoms with Crippen LogP contribution in [0.3, 0.4) is 0 Å². The summed E-state index contributed by atoms with van der Waals surface area (Å²) in [5.74, 6) is 2.12. The normalized spacial score (nSPS) is 22.3. The first-order valence-corrected chi connectivity index (χ1v) is 9.18. The molecule has 2 rings (SSSR count). The first-order chi connectivity index (χ1) is 8.89. The average Bonchev–Trinajstić information content (AvgIpc) is 2.38. The molecule has 0 radical (unpaired) electrons. The van der Waals surface area contributed by atoms with Crippen LogP contribution in [0.2, 0.25) is 0 Å². The summed E-state index contributed by atoms with van der Waals surface area (Å²) in [4.78, 5) is 6.11. The van der Waals surface area contributed by atoms with E-state index < -0.39 is 21.3 Å². The lowest BCUT2D eigenvalue weighted by molar-refractivity contribution is 0.199. The lowest BCUT2D eigenvalue weighted by Crippen LogP contribution is -2.47. The first-order valence-electron chi connectivity index (χ1n) is 6.07. The van der Waals surface area contributed by atoms with E-state index >= 15 is 0 Å². The van der Waals surface area contributed by atoms with E-state index in [-0.39, 0.29) is 0 Å². The highest BCUT2D eigenvalue weighted by Crippen LogP contribution is 2.26. The second-order valence-corrected chi connectivity index (χ2v) is 8.03. The van der Waals surface area contributed by atoms with Crippen molar-refractivity contribution in [3.63, 3.8) is 0 Å². The molecule has 0 bridgehead atoms. The summed E-state index contributed by atoms with van der Waals surface area (Å²) in [7, 11) is -3.13. The second kappa shape index (κ2) is 5.68. The molecule has 5 nitrogen and oxygen atoms in total. The van der Waals surface area contributed by atoms with Gasteiger partial charge in [0.1, 0.15) is 11.2 Å². The van der Waals surface area contributed by atoms with Gasteiger partial charge in [0.15, 0.2) is 9.84 Å². The fourth-order valence-corrected chi connectivity index (χ4v) is 4.84. The third-order valence-electron chi connectivity index (χ3n) is 3.13. The maximum Gasteiger partial charge on any atom is 0.169 e. The Morgan fingerprint density at radius 1 is 1.53 bits per heavy atom. The van der Waals surface area contributed by atoms with Crippen LogP contribution in [0.1, 0.15) is 18.6 Å². The number of nitrogens with zero attached hydrogens (tertiary/aromatic N) is 2. The summed E-state index contributed by atoms with van der Waals surface area (Å²) in [6.45, 7) is 2.34. The van der Waals surface area contributed by atoms with Gasteiger partial charge in [-0.05, 0) is 18.6 Å². The van der Waals surface area contributed by atoms with E-state index in [0.29, 0.717) is 18.1 Å². The quantitative estimate of drug-likeness (QED) is 0.900. The van der Waals surface area contributed by atoms with Gasteiger partial charge >= 0.3 is 0 Å². The zero-order valence-electron chi connectivity index (χ0n) is 11.0. The standard InChI is InChI=1S/C12H18N2O3S2/c1-9(15)10-3-4-11(13-7-10)14-5-6-18-8-12(14)19(2,16)17/h3-4,7,9,12,15H,5-6,8H2,1-2H3. The highest BCUT2D eigenvalue weighted by molar-refractivity contribution is 8.01. The van der Waals surface area contributed by atoms with Gasteiger partial charge in [-0.15, -0.1) is 0 Å². The minimum Gasteiger partial charge on any atom is -0.389 e. The monoisotopic (exact) mass is 302 g/mol. The van der Waals surface area contributed by atoms with E-state index in [1.165, 1.54) is 6.26 Å². The number of hydrogen-bond donors (Lipinski definition) is 1. The Balaban J connectivity index is 2.27. The van der Waals surface area contributed by atoms with E-state index in [2.05, 4.69) is 4.98 Å². The third kappa shape index (κ3) is 3.40. The minimum absolute atomic E-state index is 0.517. The Bertz CT molecular complexity index is 528. The van der Waals surface area contributed by atoms with Crippen LogP contribution in [0.15, 0.2) is 18.3 Å². The molecule has 0 spiro atoms. The van der Waals surface area contributed by atoms with Gasteiger partial charge in [0, 0.05) is 30.5 Å². The second-order valence-electron chi connectivity index (χ2n) is 4.68. The molecule has 2 unspecified atom stereocenters. The van der Waals surface area contributed by atoms with Crippen molar-refractivity contribution in [1.29, 1.82) is 0 Å². The van der Waals surface area contributed by atoms with E-state index in [4.69, 9.17) is 0 Å². The molecule has 1 aromatic rings. The van der Waals surface area contributed by atoms with Gasteiger partial charge in [-0.25, -0.2) is 13.4 Å². The van der Waals surface area contributed by atoms with E-state index in [1.54, 1.807) is 37.0 Å². The van der Waals surface area contributed by atoms with Crippen molar-refractivity contribution in [2.45, 2.75) is 18.4 Å². The molecule has 106 valence electrons. The Morgan fingerprint density at radius 2 is 2.26 bits per heavy atom. The predicted molar refractivity (Wildman–Crippen MR) is 78.2 cm³/mol. The van der Waals surface area contributed by atoms with Crippen molar-refractivity contribution in [2.24, 2.45) is 0 Å². The van der Waals surface area contributed by atoms with Crippen LogP contribution in [-0.2, 0) is 9.84 Å². The van der Waals surface area contributed by atoms with Gasteiger partial charge in [-0.1, -0.05) is 6.07 Å². The molecule has 2 atom stereocenters. The van der Waals surface area contributed by atoms with Gasteiger partial charge in [0.25, 0.3) is 0 Å². The molecule has 1 aromatic heterocycles. The number of thioether (sulfide) groups is 1. The molecule has 2 heterocycles. The largest absolute Gasteiger partial charge is 0.389 e. The van der Waals surface area contributed by atoms with Gasteiger partial charge in [-0.2, -0.15) is 11.8 Å². The SMILES string of the molecule is CC(O)c1ccc(N2CCSCC2S(C)(=O)=O)nc1. The zero-order valence-corrected chi connectivity index (χ0v) is 12.6. The van der Waals surface area contributed by atoms with Crippen LogP contribution >= 0.6 is 11.8 Å². The molecule has 0 aromatic carbocycles. The Hall–Kier alpha value is -0.790. The van der Waals surface area contributed by atoms with Crippen molar-refractivity contribution in [3.05, 3.63) is 23.9 Å². The highest BCUT2D eigenvalue weighted by Gasteiger charge is 2.31. The fraction of sp³-hybridized carbons (Fsp3) is 0.583. The van der Waals surface area contributed by atoms with Crippen LogP contribution in [0.4, 0.5) is 5.82 Å². The number of aliphatic hydroxyl groups is 1. The van der Waals surface area contributed by atoms with Gasteiger partial charge in [0.2, 0.25) is 0 Å². The number of rotatable bonds is 3. The molecule has 1 aliphatic heterocycles. The molecule has 0 saturated carbocycles. The molecule has 1 saturated heterocycles. The maximum absolute atomic E-state index is 11.8. The van der Waals surface area contributed by atoms with Crippen molar-refractivity contribution in [3.8, 4) is 0 Å². The number of hydrogen-bond acceptors (Lipinski definition) is 6. The molecule has 0 aliphatic carbocycles. The minimum atomic E-state index is -3.13.